The van der Waals surface area contributed by atoms with Crippen LogP contribution >= 0.6 is 11.6 Å². The average Bonchev–Trinajstić information content (AvgIpc) is 3.10. The third-order valence-corrected chi connectivity index (χ3v) is 5.64. The first-order valence-electron chi connectivity index (χ1n) is 9.92. The third-order valence-electron chi connectivity index (χ3n) is 5.39. The smallest absolute Gasteiger partial charge is 0.0695 e. The number of hydrogen-bond acceptors (Lipinski definition) is 4. The zero-order chi connectivity index (χ0) is 19.2. The van der Waals surface area contributed by atoms with E-state index in [4.69, 9.17) is 11.6 Å². The SMILES string of the molecule is CC(C)CCN1CCN(Cc2cn[nH]c2-c2ccc(Cl)cc2)C[C@@H]1CCO. The Hall–Kier alpha value is -1.40. The van der Waals surface area contributed by atoms with Crippen molar-refractivity contribution in [3.63, 3.8) is 0 Å². The number of H-pyrrole nitrogens is 1. The lowest BCUT2D eigenvalue weighted by atomic mass is 10.0. The standard InChI is InChI=1S/C21H31ClN4O/c1-16(2)7-9-26-11-10-25(15-20(26)8-12-27)14-18-13-23-24-21(18)17-3-5-19(22)6-4-17/h3-6,13,16,20,27H,7-12,14-15H2,1-2H3,(H,23,24)/t20-/m0/s1. The number of piperazine rings is 1. The van der Waals surface area contributed by atoms with E-state index >= 15 is 0 Å². The highest BCUT2D eigenvalue weighted by molar-refractivity contribution is 6.30. The maximum absolute atomic E-state index is 9.50. The molecule has 0 unspecified atom stereocenters. The van der Waals surface area contributed by atoms with Crippen LogP contribution in [0.15, 0.2) is 30.5 Å². The van der Waals surface area contributed by atoms with E-state index in [1.165, 1.54) is 12.0 Å². The second-order valence-electron chi connectivity index (χ2n) is 7.90. The first kappa shape index (κ1) is 20.3. The summed E-state index contributed by atoms with van der Waals surface area (Å²) in [5, 5.41) is 17.7. The Bertz CT molecular complexity index is 700. The predicted octanol–water partition coefficient (Wildman–Crippen LogP) is 3.64. The monoisotopic (exact) mass is 390 g/mol. The van der Waals surface area contributed by atoms with Crippen LogP contribution in [-0.2, 0) is 6.54 Å². The quantitative estimate of drug-likeness (QED) is 0.722. The molecular weight excluding hydrogens is 360 g/mol. The van der Waals surface area contributed by atoms with Crippen molar-refractivity contribution in [1.29, 1.82) is 0 Å². The van der Waals surface area contributed by atoms with Crippen molar-refractivity contribution in [2.75, 3.05) is 32.8 Å². The fraction of sp³-hybridized carbons (Fsp3) is 0.571. The Kier molecular flexibility index (Phi) is 7.30. The van der Waals surface area contributed by atoms with Gasteiger partial charge in [-0.1, -0.05) is 37.6 Å². The number of nitrogens with zero attached hydrogens (tertiary/aromatic N) is 3. The molecule has 0 amide bonds. The van der Waals surface area contributed by atoms with E-state index in [1.54, 1.807) is 0 Å². The average molecular weight is 391 g/mol. The van der Waals surface area contributed by atoms with Crippen LogP contribution in [0.25, 0.3) is 11.3 Å². The Morgan fingerprint density at radius 2 is 2.04 bits per heavy atom. The van der Waals surface area contributed by atoms with E-state index in [2.05, 4.69) is 33.8 Å². The number of rotatable bonds is 8. The van der Waals surface area contributed by atoms with E-state index in [0.29, 0.717) is 12.0 Å². The van der Waals surface area contributed by atoms with Crippen LogP contribution in [0.4, 0.5) is 0 Å². The van der Waals surface area contributed by atoms with Gasteiger partial charge in [-0.15, -0.1) is 0 Å². The number of aliphatic hydroxyl groups is 1. The largest absolute Gasteiger partial charge is 0.396 e. The fourth-order valence-corrected chi connectivity index (χ4v) is 3.91. The Morgan fingerprint density at radius 1 is 1.26 bits per heavy atom. The minimum atomic E-state index is 0.248. The molecule has 27 heavy (non-hydrogen) atoms. The maximum Gasteiger partial charge on any atom is 0.0695 e. The number of hydrogen-bond donors (Lipinski definition) is 2. The van der Waals surface area contributed by atoms with Crippen molar-refractivity contribution >= 4 is 11.6 Å². The highest BCUT2D eigenvalue weighted by Crippen LogP contribution is 2.25. The van der Waals surface area contributed by atoms with E-state index in [9.17, 15) is 5.11 Å². The summed E-state index contributed by atoms with van der Waals surface area (Å²) in [5.74, 6) is 0.714. The molecule has 1 fully saturated rings. The van der Waals surface area contributed by atoms with Crippen LogP contribution in [0.1, 0.15) is 32.3 Å². The summed E-state index contributed by atoms with van der Waals surface area (Å²) in [6.45, 7) is 9.88. The van der Waals surface area contributed by atoms with Crippen LogP contribution in [0.2, 0.25) is 5.02 Å². The van der Waals surface area contributed by atoms with Gasteiger partial charge < -0.3 is 5.11 Å². The molecule has 1 aliphatic heterocycles. The van der Waals surface area contributed by atoms with Gasteiger partial charge in [0.1, 0.15) is 0 Å². The summed E-state index contributed by atoms with van der Waals surface area (Å²) in [6, 6.07) is 8.29. The zero-order valence-corrected chi connectivity index (χ0v) is 17.1. The summed E-state index contributed by atoms with van der Waals surface area (Å²) in [7, 11) is 0. The van der Waals surface area contributed by atoms with Gasteiger partial charge in [-0.05, 0) is 43.0 Å². The lowest BCUT2D eigenvalue weighted by Gasteiger charge is -2.41. The van der Waals surface area contributed by atoms with E-state index in [0.717, 1.165) is 55.4 Å². The molecule has 1 saturated heterocycles. The van der Waals surface area contributed by atoms with Gasteiger partial charge in [0, 0.05) is 49.4 Å². The van der Waals surface area contributed by atoms with Crippen molar-refractivity contribution in [3.8, 4) is 11.3 Å². The predicted molar refractivity (Wildman–Crippen MR) is 111 cm³/mol. The molecule has 1 aliphatic rings. The lowest BCUT2D eigenvalue weighted by molar-refractivity contribution is 0.0525. The van der Waals surface area contributed by atoms with Gasteiger partial charge in [0.15, 0.2) is 0 Å². The number of nitrogens with one attached hydrogen (secondary N) is 1. The molecule has 0 saturated carbocycles. The van der Waals surface area contributed by atoms with E-state index in [-0.39, 0.29) is 6.61 Å². The molecule has 1 aromatic carbocycles. The molecule has 3 rings (SSSR count). The van der Waals surface area contributed by atoms with Crippen LogP contribution < -0.4 is 0 Å². The number of aromatic nitrogens is 2. The topological polar surface area (TPSA) is 55.4 Å². The van der Waals surface area contributed by atoms with E-state index < -0.39 is 0 Å². The normalized spacial score (nSPS) is 19.1. The third kappa shape index (κ3) is 5.55. The molecule has 0 aliphatic carbocycles. The fourth-order valence-electron chi connectivity index (χ4n) is 3.78. The first-order chi connectivity index (χ1) is 13.1. The minimum absolute atomic E-state index is 0.248. The molecule has 5 nitrogen and oxygen atoms in total. The second-order valence-corrected chi connectivity index (χ2v) is 8.33. The molecule has 2 aromatic rings. The summed E-state index contributed by atoms with van der Waals surface area (Å²) in [4.78, 5) is 5.04. The van der Waals surface area contributed by atoms with Crippen LogP contribution in [-0.4, -0.2) is 63.9 Å². The molecular formula is C21H31ClN4O. The molecule has 2 N–H and O–H groups in total. The Morgan fingerprint density at radius 3 is 2.74 bits per heavy atom. The second kappa shape index (κ2) is 9.69. The maximum atomic E-state index is 9.50. The highest BCUT2D eigenvalue weighted by Gasteiger charge is 2.27. The summed E-state index contributed by atoms with van der Waals surface area (Å²) >= 11 is 6.01. The molecule has 6 heteroatoms. The van der Waals surface area contributed by atoms with Gasteiger partial charge in [-0.3, -0.25) is 14.9 Å². The lowest BCUT2D eigenvalue weighted by Crippen LogP contribution is -2.53. The Balaban J connectivity index is 1.65. The summed E-state index contributed by atoms with van der Waals surface area (Å²) in [6.07, 6.45) is 3.98. The molecule has 0 bridgehead atoms. The molecule has 2 heterocycles. The van der Waals surface area contributed by atoms with Gasteiger partial charge in [0.25, 0.3) is 0 Å². The number of aromatic amines is 1. The molecule has 0 radical (unpaired) electrons. The Labute approximate surface area is 167 Å². The summed E-state index contributed by atoms with van der Waals surface area (Å²) in [5.41, 5.74) is 3.37. The van der Waals surface area contributed by atoms with Crippen molar-refractivity contribution in [3.05, 3.63) is 41.0 Å². The highest BCUT2D eigenvalue weighted by atomic mass is 35.5. The molecule has 1 aromatic heterocycles. The van der Waals surface area contributed by atoms with Crippen molar-refractivity contribution in [2.45, 2.75) is 39.3 Å². The van der Waals surface area contributed by atoms with E-state index in [1.807, 2.05) is 30.5 Å². The number of aliphatic hydroxyl groups excluding tert-OH is 1. The number of benzene rings is 1. The molecule has 0 spiro atoms. The van der Waals surface area contributed by atoms with Crippen molar-refractivity contribution < 1.29 is 5.11 Å². The van der Waals surface area contributed by atoms with Crippen molar-refractivity contribution in [2.24, 2.45) is 5.92 Å². The number of halogens is 1. The van der Waals surface area contributed by atoms with Crippen molar-refractivity contribution in [1.82, 2.24) is 20.0 Å². The van der Waals surface area contributed by atoms with Crippen LogP contribution in [0.3, 0.4) is 0 Å². The van der Waals surface area contributed by atoms with Crippen LogP contribution in [0, 0.1) is 5.92 Å². The zero-order valence-electron chi connectivity index (χ0n) is 16.4. The van der Waals surface area contributed by atoms with Gasteiger partial charge in [-0.25, -0.2) is 0 Å². The minimum Gasteiger partial charge on any atom is -0.396 e. The van der Waals surface area contributed by atoms with Gasteiger partial charge in [-0.2, -0.15) is 5.10 Å². The summed E-state index contributed by atoms with van der Waals surface area (Å²) < 4.78 is 0. The van der Waals surface area contributed by atoms with Crippen LogP contribution in [0.5, 0.6) is 0 Å². The van der Waals surface area contributed by atoms with Gasteiger partial charge in [0.05, 0.1) is 11.9 Å². The molecule has 148 valence electrons. The molecule has 1 atom stereocenters. The first-order valence-corrected chi connectivity index (χ1v) is 10.3. The van der Waals surface area contributed by atoms with Gasteiger partial charge in [0.2, 0.25) is 0 Å². The van der Waals surface area contributed by atoms with Gasteiger partial charge >= 0.3 is 0 Å².